The van der Waals surface area contributed by atoms with Crippen LogP contribution in [0.5, 0.6) is 0 Å². The number of nitro groups is 1. The number of rotatable bonds is 5. The molecule has 5 nitrogen and oxygen atoms in total. The molecule has 0 aliphatic heterocycles. The van der Waals surface area contributed by atoms with E-state index in [0.29, 0.717) is 0 Å². The Kier molecular flexibility index (Phi) is 3.23. The lowest BCUT2D eigenvalue weighted by Gasteiger charge is -2.23. The lowest BCUT2D eigenvalue weighted by atomic mass is 10.2. The number of nitrogens with zero attached hydrogens (tertiary/aromatic N) is 2. The van der Waals surface area contributed by atoms with E-state index < -0.39 is 10.7 Å². The maximum Gasteiger partial charge on any atom is 0.292 e. The molecule has 0 bridgehead atoms. The first-order valence-corrected chi connectivity index (χ1v) is 5.45. The molecule has 1 N–H and O–H groups in total. The van der Waals surface area contributed by atoms with E-state index in [9.17, 15) is 14.5 Å². The number of aliphatic hydroxyl groups is 1. The van der Waals surface area contributed by atoms with Crippen molar-refractivity contribution in [3.8, 4) is 0 Å². The largest absolute Gasteiger partial charge is 0.395 e. The fraction of sp³-hybridized carbons (Fsp3) is 0.455. The minimum atomic E-state index is -0.526. The highest BCUT2D eigenvalue weighted by Gasteiger charge is 2.32. The van der Waals surface area contributed by atoms with Gasteiger partial charge >= 0.3 is 0 Å². The van der Waals surface area contributed by atoms with Crippen LogP contribution in [0.25, 0.3) is 0 Å². The standard InChI is InChI=1S/C11H13FN2O3/c12-8-1-4-10(14(16)17)11(7-8)13(5-6-15)9-2-3-9/h1,4,7,9,15H,2-3,5-6H2. The van der Waals surface area contributed by atoms with Gasteiger partial charge in [-0.3, -0.25) is 10.1 Å². The first-order chi connectivity index (χ1) is 8.13. The van der Waals surface area contributed by atoms with Gasteiger partial charge in [0.1, 0.15) is 11.5 Å². The Morgan fingerprint density at radius 1 is 1.53 bits per heavy atom. The lowest BCUT2D eigenvalue weighted by molar-refractivity contribution is -0.384. The summed E-state index contributed by atoms with van der Waals surface area (Å²) in [6.45, 7) is 0.180. The highest BCUT2D eigenvalue weighted by atomic mass is 19.1. The molecule has 1 aromatic rings. The second-order valence-electron chi connectivity index (χ2n) is 4.04. The fourth-order valence-corrected chi connectivity index (χ4v) is 1.87. The molecule has 0 radical (unpaired) electrons. The van der Waals surface area contributed by atoms with Gasteiger partial charge in [-0.2, -0.15) is 0 Å². The summed E-state index contributed by atoms with van der Waals surface area (Å²) in [4.78, 5) is 12.1. The van der Waals surface area contributed by atoms with Crippen molar-refractivity contribution < 1.29 is 14.4 Å². The van der Waals surface area contributed by atoms with Gasteiger partial charge in [0.15, 0.2) is 0 Å². The van der Waals surface area contributed by atoms with Crippen molar-refractivity contribution in [2.75, 3.05) is 18.1 Å². The number of nitro benzene ring substituents is 1. The molecule has 0 amide bonds. The van der Waals surface area contributed by atoms with E-state index >= 15 is 0 Å². The lowest BCUT2D eigenvalue weighted by Crippen LogP contribution is -2.29. The molecule has 6 heteroatoms. The van der Waals surface area contributed by atoms with E-state index in [1.165, 1.54) is 0 Å². The van der Waals surface area contributed by atoms with Crippen LogP contribution in [0.1, 0.15) is 12.8 Å². The second kappa shape index (κ2) is 4.67. The monoisotopic (exact) mass is 240 g/mol. The van der Waals surface area contributed by atoms with Gasteiger partial charge in [-0.15, -0.1) is 0 Å². The van der Waals surface area contributed by atoms with Gasteiger partial charge in [0, 0.05) is 24.7 Å². The predicted octanol–water partition coefficient (Wildman–Crippen LogP) is 1.69. The molecule has 0 unspecified atom stereocenters. The van der Waals surface area contributed by atoms with Crippen LogP contribution in [0, 0.1) is 15.9 Å². The van der Waals surface area contributed by atoms with Crippen molar-refractivity contribution in [1.29, 1.82) is 0 Å². The zero-order chi connectivity index (χ0) is 12.4. The van der Waals surface area contributed by atoms with Crippen LogP contribution in [0.2, 0.25) is 0 Å². The normalized spacial score (nSPS) is 14.7. The first kappa shape index (κ1) is 11.8. The van der Waals surface area contributed by atoms with Gasteiger partial charge in [0.2, 0.25) is 0 Å². The van der Waals surface area contributed by atoms with Crippen LogP contribution < -0.4 is 4.90 Å². The van der Waals surface area contributed by atoms with Crippen LogP contribution >= 0.6 is 0 Å². The minimum Gasteiger partial charge on any atom is -0.395 e. The fourth-order valence-electron chi connectivity index (χ4n) is 1.87. The second-order valence-corrected chi connectivity index (χ2v) is 4.04. The number of anilines is 1. The molecule has 1 aromatic carbocycles. The molecule has 0 spiro atoms. The number of halogens is 1. The Bertz CT molecular complexity index is 435. The van der Waals surface area contributed by atoms with Crippen molar-refractivity contribution in [3.05, 3.63) is 34.1 Å². The molecule has 1 aliphatic rings. The van der Waals surface area contributed by atoms with Gasteiger partial charge in [0.25, 0.3) is 5.69 Å². The van der Waals surface area contributed by atoms with Crippen molar-refractivity contribution in [2.24, 2.45) is 0 Å². The van der Waals surface area contributed by atoms with E-state index in [4.69, 9.17) is 5.11 Å². The highest BCUT2D eigenvalue weighted by Crippen LogP contribution is 2.36. The van der Waals surface area contributed by atoms with Crippen LogP contribution in [-0.2, 0) is 0 Å². The van der Waals surface area contributed by atoms with Crippen LogP contribution in [-0.4, -0.2) is 29.2 Å². The summed E-state index contributed by atoms with van der Waals surface area (Å²) in [5.41, 5.74) is 0.137. The van der Waals surface area contributed by atoms with E-state index in [1.807, 2.05) is 0 Å². The maximum atomic E-state index is 13.2. The Labute approximate surface area is 97.6 Å². The van der Waals surface area contributed by atoms with Crippen LogP contribution in [0.15, 0.2) is 18.2 Å². The average Bonchev–Trinajstić information content (AvgIpc) is 3.09. The summed E-state index contributed by atoms with van der Waals surface area (Å²) < 4.78 is 13.2. The molecular formula is C11H13FN2O3. The van der Waals surface area contributed by atoms with E-state index in [0.717, 1.165) is 31.0 Å². The molecule has 0 aromatic heterocycles. The highest BCUT2D eigenvalue weighted by molar-refractivity contribution is 5.64. The van der Waals surface area contributed by atoms with E-state index in [-0.39, 0.29) is 30.6 Å². The average molecular weight is 240 g/mol. The summed E-state index contributed by atoms with van der Waals surface area (Å²) in [5.74, 6) is -0.505. The zero-order valence-electron chi connectivity index (χ0n) is 9.17. The third-order valence-corrected chi connectivity index (χ3v) is 2.77. The third kappa shape index (κ3) is 2.52. The third-order valence-electron chi connectivity index (χ3n) is 2.77. The molecule has 0 heterocycles. The SMILES string of the molecule is O=[N+]([O-])c1ccc(F)cc1N(CCO)C1CC1. The van der Waals surface area contributed by atoms with Crippen LogP contribution in [0.3, 0.4) is 0 Å². The number of benzene rings is 1. The molecule has 92 valence electrons. The summed E-state index contributed by atoms with van der Waals surface area (Å²) in [7, 11) is 0. The summed E-state index contributed by atoms with van der Waals surface area (Å²) >= 11 is 0. The van der Waals surface area contributed by atoms with Gasteiger partial charge < -0.3 is 10.0 Å². The Morgan fingerprint density at radius 2 is 2.24 bits per heavy atom. The molecule has 2 rings (SSSR count). The molecule has 1 aliphatic carbocycles. The predicted molar refractivity (Wildman–Crippen MR) is 60.5 cm³/mol. The maximum absolute atomic E-state index is 13.2. The summed E-state index contributed by atoms with van der Waals surface area (Å²) in [6.07, 6.45) is 1.85. The van der Waals surface area contributed by atoms with Gasteiger partial charge in [-0.1, -0.05) is 0 Å². The molecular weight excluding hydrogens is 227 g/mol. The Morgan fingerprint density at radius 3 is 2.76 bits per heavy atom. The van der Waals surface area contributed by atoms with Crippen molar-refractivity contribution in [3.63, 3.8) is 0 Å². The number of hydrogen-bond donors (Lipinski definition) is 1. The summed E-state index contributed by atoms with van der Waals surface area (Å²) in [5, 5.41) is 19.8. The van der Waals surface area contributed by atoms with E-state index in [1.54, 1.807) is 4.90 Å². The number of aliphatic hydroxyl groups excluding tert-OH is 1. The van der Waals surface area contributed by atoms with Crippen molar-refractivity contribution in [2.45, 2.75) is 18.9 Å². The van der Waals surface area contributed by atoms with Crippen molar-refractivity contribution in [1.82, 2.24) is 0 Å². The molecule has 0 saturated heterocycles. The van der Waals surface area contributed by atoms with Gasteiger partial charge in [-0.25, -0.2) is 4.39 Å². The Balaban J connectivity index is 2.39. The van der Waals surface area contributed by atoms with Crippen molar-refractivity contribution >= 4 is 11.4 Å². The number of hydrogen-bond acceptors (Lipinski definition) is 4. The molecule has 0 atom stereocenters. The van der Waals surface area contributed by atoms with Gasteiger partial charge in [-0.05, 0) is 18.9 Å². The minimum absolute atomic E-state index is 0.107. The molecule has 1 saturated carbocycles. The topological polar surface area (TPSA) is 66.6 Å². The zero-order valence-corrected chi connectivity index (χ0v) is 9.17. The molecule has 1 fully saturated rings. The van der Waals surface area contributed by atoms with Crippen LogP contribution in [0.4, 0.5) is 15.8 Å². The molecule has 17 heavy (non-hydrogen) atoms. The van der Waals surface area contributed by atoms with Gasteiger partial charge in [0.05, 0.1) is 11.5 Å². The van der Waals surface area contributed by atoms with E-state index in [2.05, 4.69) is 0 Å². The Hall–Kier alpha value is -1.69. The first-order valence-electron chi connectivity index (χ1n) is 5.45. The smallest absolute Gasteiger partial charge is 0.292 e. The summed E-state index contributed by atoms with van der Waals surface area (Å²) in [6, 6.07) is 3.58. The quantitative estimate of drug-likeness (QED) is 0.628.